The van der Waals surface area contributed by atoms with Gasteiger partial charge in [-0.05, 0) is 30.3 Å². The molecule has 1 heterocycles. The van der Waals surface area contributed by atoms with Crippen LogP contribution in [0.25, 0.3) is 0 Å². The molecule has 0 aliphatic carbocycles. The molecule has 9 heteroatoms. The lowest BCUT2D eigenvalue weighted by Crippen LogP contribution is -2.50. The number of nitro benzene ring substituents is 1. The van der Waals surface area contributed by atoms with Gasteiger partial charge in [0, 0.05) is 44.0 Å². The summed E-state index contributed by atoms with van der Waals surface area (Å²) >= 11 is 0. The van der Waals surface area contributed by atoms with Gasteiger partial charge in [-0.3, -0.25) is 14.9 Å². The zero-order valence-electron chi connectivity index (χ0n) is 15.3. The molecular weight excluding hydrogens is 369 g/mol. The van der Waals surface area contributed by atoms with Crippen LogP contribution >= 0.6 is 0 Å². The monoisotopic (exact) mass is 389 g/mol. The standard InChI is InChI=1S/C19H20FN3O5/c1-27-16-5-3-15(4-6-16)21-8-10-22(11-9-21)19(24)13-28-18-12-14(20)2-7-17(18)23(25)26/h2-7,12H,8-11,13H2,1H3. The highest BCUT2D eigenvalue weighted by Crippen LogP contribution is 2.27. The third-order valence-electron chi connectivity index (χ3n) is 4.54. The molecular formula is C19H20FN3O5. The Morgan fingerprint density at radius 3 is 2.43 bits per heavy atom. The van der Waals surface area contributed by atoms with Crippen LogP contribution in [0.1, 0.15) is 0 Å². The van der Waals surface area contributed by atoms with Gasteiger partial charge in [0.05, 0.1) is 12.0 Å². The molecule has 0 radical (unpaired) electrons. The number of piperazine rings is 1. The van der Waals surface area contributed by atoms with Crippen LogP contribution < -0.4 is 14.4 Å². The third kappa shape index (κ3) is 4.48. The van der Waals surface area contributed by atoms with E-state index in [0.29, 0.717) is 26.2 Å². The van der Waals surface area contributed by atoms with Crippen LogP contribution in [-0.4, -0.2) is 55.6 Å². The topological polar surface area (TPSA) is 85.2 Å². The molecule has 0 atom stereocenters. The minimum absolute atomic E-state index is 0.254. The molecule has 1 aliphatic heterocycles. The summed E-state index contributed by atoms with van der Waals surface area (Å²) in [5.74, 6) is -0.439. The van der Waals surface area contributed by atoms with Crippen molar-refractivity contribution in [2.24, 2.45) is 0 Å². The molecule has 2 aromatic carbocycles. The summed E-state index contributed by atoms with van der Waals surface area (Å²) in [7, 11) is 1.61. The maximum Gasteiger partial charge on any atom is 0.311 e. The molecule has 8 nitrogen and oxygen atoms in total. The maximum absolute atomic E-state index is 13.3. The van der Waals surface area contributed by atoms with E-state index in [9.17, 15) is 19.3 Å². The molecule has 1 fully saturated rings. The molecule has 148 valence electrons. The van der Waals surface area contributed by atoms with Crippen LogP contribution in [-0.2, 0) is 4.79 Å². The molecule has 0 saturated carbocycles. The number of carbonyl (C=O) groups excluding carboxylic acids is 1. The largest absolute Gasteiger partial charge is 0.497 e. The summed E-state index contributed by atoms with van der Waals surface area (Å²) in [6, 6.07) is 10.6. The number of benzene rings is 2. The number of rotatable bonds is 6. The fourth-order valence-electron chi connectivity index (χ4n) is 2.99. The zero-order chi connectivity index (χ0) is 20.1. The van der Waals surface area contributed by atoms with Crippen LogP contribution in [0.3, 0.4) is 0 Å². The van der Waals surface area contributed by atoms with E-state index in [1.54, 1.807) is 12.0 Å². The molecule has 3 rings (SSSR count). The molecule has 0 N–H and O–H groups in total. The van der Waals surface area contributed by atoms with Crippen LogP contribution in [0.2, 0.25) is 0 Å². The Balaban J connectivity index is 1.54. The lowest BCUT2D eigenvalue weighted by Gasteiger charge is -2.36. The van der Waals surface area contributed by atoms with Crippen molar-refractivity contribution in [1.82, 2.24) is 4.90 Å². The van der Waals surface area contributed by atoms with Crippen LogP contribution in [0.4, 0.5) is 15.8 Å². The number of nitrogens with zero attached hydrogens (tertiary/aromatic N) is 3. The van der Waals surface area contributed by atoms with E-state index >= 15 is 0 Å². The fraction of sp³-hybridized carbons (Fsp3) is 0.316. The van der Waals surface area contributed by atoms with Crippen molar-refractivity contribution >= 4 is 17.3 Å². The van der Waals surface area contributed by atoms with Crippen molar-refractivity contribution in [3.8, 4) is 11.5 Å². The first kappa shape index (κ1) is 19.4. The average molecular weight is 389 g/mol. The van der Waals surface area contributed by atoms with E-state index in [4.69, 9.17) is 9.47 Å². The Morgan fingerprint density at radius 1 is 1.14 bits per heavy atom. The number of carbonyl (C=O) groups is 1. The normalized spacial score (nSPS) is 13.9. The van der Waals surface area contributed by atoms with E-state index in [2.05, 4.69) is 4.90 Å². The van der Waals surface area contributed by atoms with Gasteiger partial charge in [-0.1, -0.05) is 0 Å². The van der Waals surface area contributed by atoms with E-state index in [1.807, 2.05) is 24.3 Å². The first-order valence-electron chi connectivity index (χ1n) is 8.71. The summed E-state index contributed by atoms with van der Waals surface area (Å²) in [5.41, 5.74) is 0.665. The summed E-state index contributed by atoms with van der Waals surface area (Å²) in [6.45, 7) is 1.92. The Labute approximate surface area is 161 Å². The molecule has 0 bridgehead atoms. The van der Waals surface area contributed by atoms with Crippen LogP contribution in [0.15, 0.2) is 42.5 Å². The van der Waals surface area contributed by atoms with Gasteiger partial charge in [-0.2, -0.15) is 0 Å². The molecule has 0 aromatic heterocycles. The predicted octanol–water partition coefficient (Wildman–Crippen LogP) is 2.47. The van der Waals surface area contributed by atoms with Crippen molar-refractivity contribution in [2.45, 2.75) is 0 Å². The smallest absolute Gasteiger partial charge is 0.311 e. The minimum atomic E-state index is -0.674. The number of amides is 1. The van der Waals surface area contributed by atoms with Crippen molar-refractivity contribution < 1.29 is 23.6 Å². The van der Waals surface area contributed by atoms with Gasteiger partial charge in [0.15, 0.2) is 6.61 Å². The summed E-state index contributed by atoms with van der Waals surface area (Å²) in [5, 5.41) is 11.0. The van der Waals surface area contributed by atoms with Crippen molar-refractivity contribution in [1.29, 1.82) is 0 Å². The van der Waals surface area contributed by atoms with Gasteiger partial charge in [0.1, 0.15) is 11.6 Å². The highest BCUT2D eigenvalue weighted by molar-refractivity contribution is 5.78. The molecule has 0 unspecified atom stereocenters. The number of nitro groups is 1. The van der Waals surface area contributed by atoms with E-state index in [-0.39, 0.29) is 24.0 Å². The minimum Gasteiger partial charge on any atom is -0.497 e. The van der Waals surface area contributed by atoms with Crippen molar-refractivity contribution in [2.75, 3.05) is 44.8 Å². The van der Waals surface area contributed by atoms with Gasteiger partial charge in [-0.25, -0.2) is 4.39 Å². The second-order valence-electron chi connectivity index (χ2n) is 6.22. The maximum atomic E-state index is 13.3. The third-order valence-corrected chi connectivity index (χ3v) is 4.54. The second kappa shape index (κ2) is 8.55. The molecule has 1 amide bonds. The predicted molar refractivity (Wildman–Crippen MR) is 100 cm³/mol. The zero-order valence-corrected chi connectivity index (χ0v) is 15.3. The summed E-state index contributed by atoms with van der Waals surface area (Å²) in [4.78, 5) is 26.5. The number of halogens is 1. The van der Waals surface area contributed by atoms with E-state index < -0.39 is 10.7 Å². The van der Waals surface area contributed by atoms with Crippen molar-refractivity contribution in [3.63, 3.8) is 0 Å². The Kier molecular flexibility index (Phi) is 5.93. The Hall–Kier alpha value is -3.36. The lowest BCUT2D eigenvalue weighted by atomic mass is 10.2. The molecule has 0 spiro atoms. The Bertz CT molecular complexity index is 851. The van der Waals surface area contributed by atoms with Gasteiger partial charge in [-0.15, -0.1) is 0 Å². The highest BCUT2D eigenvalue weighted by Gasteiger charge is 2.23. The molecule has 2 aromatic rings. The number of ether oxygens (including phenoxy) is 2. The lowest BCUT2D eigenvalue weighted by molar-refractivity contribution is -0.385. The molecule has 28 heavy (non-hydrogen) atoms. The first-order valence-corrected chi connectivity index (χ1v) is 8.71. The number of methoxy groups -OCH3 is 1. The van der Waals surface area contributed by atoms with E-state index in [0.717, 1.165) is 29.6 Å². The van der Waals surface area contributed by atoms with Gasteiger partial charge >= 0.3 is 5.69 Å². The van der Waals surface area contributed by atoms with Gasteiger partial charge in [0.2, 0.25) is 5.75 Å². The van der Waals surface area contributed by atoms with Gasteiger partial charge in [0.25, 0.3) is 5.91 Å². The second-order valence-corrected chi connectivity index (χ2v) is 6.22. The van der Waals surface area contributed by atoms with Gasteiger partial charge < -0.3 is 19.3 Å². The highest BCUT2D eigenvalue weighted by atomic mass is 19.1. The van der Waals surface area contributed by atoms with Crippen LogP contribution in [0.5, 0.6) is 11.5 Å². The quantitative estimate of drug-likeness (QED) is 0.557. The summed E-state index contributed by atoms with van der Waals surface area (Å²) < 4.78 is 23.7. The van der Waals surface area contributed by atoms with Crippen LogP contribution in [0, 0.1) is 15.9 Å². The molecule has 1 aliphatic rings. The fourth-order valence-corrected chi connectivity index (χ4v) is 2.99. The Morgan fingerprint density at radius 2 is 1.82 bits per heavy atom. The number of anilines is 1. The number of hydrogen-bond acceptors (Lipinski definition) is 6. The van der Waals surface area contributed by atoms with Crippen molar-refractivity contribution in [3.05, 3.63) is 58.4 Å². The van der Waals surface area contributed by atoms with E-state index in [1.165, 1.54) is 0 Å². The SMILES string of the molecule is COc1ccc(N2CCN(C(=O)COc3cc(F)ccc3[N+](=O)[O-])CC2)cc1. The number of hydrogen-bond donors (Lipinski definition) is 0. The first-order chi connectivity index (χ1) is 13.5. The average Bonchev–Trinajstić information content (AvgIpc) is 2.72. The summed E-state index contributed by atoms with van der Waals surface area (Å²) in [6.07, 6.45) is 0. The molecule has 1 saturated heterocycles.